The summed E-state index contributed by atoms with van der Waals surface area (Å²) < 4.78 is 12.8. The predicted octanol–water partition coefficient (Wildman–Crippen LogP) is 13.6. The normalized spacial score (nSPS) is 11.3. The summed E-state index contributed by atoms with van der Waals surface area (Å²) in [4.78, 5) is 0. The summed E-state index contributed by atoms with van der Waals surface area (Å²) in [5, 5.41) is 10.8. The van der Waals surface area contributed by atoms with Crippen molar-refractivity contribution in [3.63, 3.8) is 0 Å². The second-order valence-electron chi connectivity index (χ2n) is 13.5. The van der Waals surface area contributed by atoms with E-state index in [1.165, 1.54) is 22.3 Å². The van der Waals surface area contributed by atoms with Gasteiger partial charge in [0.2, 0.25) is 11.8 Å². The first kappa shape index (κ1) is 31.4. The molecule has 10 aromatic rings. The van der Waals surface area contributed by atoms with Gasteiger partial charge in [-0.3, -0.25) is 0 Å². The van der Waals surface area contributed by atoms with Crippen LogP contribution < -0.4 is 0 Å². The van der Waals surface area contributed by atoms with E-state index < -0.39 is 0 Å². The lowest BCUT2D eigenvalue weighted by molar-refractivity contribution is 0.584. The average Bonchev–Trinajstić information content (AvgIpc) is 3.90. The minimum Gasteiger partial charge on any atom is -0.455 e. The van der Waals surface area contributed by atoms with Gasteiger partial charge in [-0.1, -0.05) is 146 Å². The number of rotatable bonds is 7. The summed E-state index contributed by atoms with van der Waals surface area (Å²) in [7, 11) is 0. The van der Waals surface area contributed by atoms with E-state index in [0.29, 0.717) is 11.8 Å². The maximum Gasteiger partial charge on any atom is 0.248 e. The third-order valence-corrected chi connectivity index (χ3v) is 10.1. The van der Waals surface area contributed by atoms with E-state index in [0.717, 1.165) is 66.4 Å². The van der Waals surface area contributed by atoms with Gasteiger partial charge in [-0.25, -0.2) is 0 Å². The van der Waals surface area contributed by atoms with Gasteiger partial charge in [0.1, 0.15) is 11.2 Å². The number of hydrogen-bond donors (Lipinski definition) is 0. The van der Waals surface area contributed by atoms with Gasteiger partial charge < -0.3 is 8.83 Å². The number of fused-ring (bicyclic) bond motifs is 3. The Morgan fingerprint density at radius 3 is 1.22 bits per heavy atom. The molecule has 0 bridgehead atoms. The Kier molecular flexibility index (Phi) is 7.77. The molecule has 0 N–H and O–H groups in total. The van der Waals surface area contributed by atoms with Crippen molar-refractivity contribution in [2.24, 2.45) is 0 Å². The Morgan fingerprint density at radius 1 is 0.278 bits per heavy atom. The maximum atomic E-state index is 6.70. The summed E-state index contributed by atoms with van der Waals surface area (Å²) >= 11 is 0. The molecule has 0 fully saturated rings. The zero-order valence-electron chi connectivity index (χ0n) is 29.2. The van der Waals surface area contributed by atoms with E-state index >= 15 is 0 Å². The zero-order chi connectivity index (χ0) is 35.8. The van der Waals surface area contributed by atoms with Gasteiger partial charge in [0.05, 0.1) is 0 Å². The Balaban J connectivity index is 1.07. The molecule has 4 heteroatoms. The van der Waals surface area contributed by atoms with Crippen LogP contribution in [0.5, 0.6) is 0 Å². The summed E-state index contributed by atoms with van der Waals surface area (Å²) in [6, 6.07) is 67.6. The quantitative estimate of drug-likeness (QED) is 0.167. The van der Waals surface area contributed by atoms with Gasteiger partial charge in [0.15, 0.2) is 0 Å². The predicted molar refractivity (Wildman–Crippen MR) is 220 cm³/mol. The minimum atomic E-state index is 0.478. The second-order valence-corrected chi connectivity index (χ2v) is 13.5. The number of nitrogens with zero attached hydrogens (tertiary/aromatic N) is 2. The molecule has 0 radical (unpaired) electrons. The van der Waals surface area contributed by atoms with Crippen molar-refractivity contribution in [3.05, 3.63) is 194 Å². The molecule has 0 aliphatic carbocycles. The summed E-state index contributed by atoms with van der Waals surface area (Å²) in [6.07, 6.45) is 0. The van der Waals surface area contributed by atoms with Gasteiger partial charge in [0.25, 0.3) is 0 Å². The lowest BCUT2D eigenvalue weighted by atomic mass is 9.93. The fourth-order valence-corrected chi connectivity index (χ4v) is 7.24. The molecule has 0 unspecified atom stereocenters. The molecule has 0 saturated carbocycles. The molecule has 0 amide bonds. The summed E-state index contributed by atoms with van der Waals surface area (Å²) in [5.41, 5.74) is 14.8. The van der Waals surface area contributed by atoms with E-state index in [1.807, 2.05) is 54.6 Å². The third kappa shape index (κ3) is 5.86. The van der Waals surface area contributed by atoms with E-state index in [-0.39, 0.29) is 0 Å². The largest absolute Gasteiger partial charge is 0.455 e. The van der Waals surface area contributed by atoms with Crippen LogP contribution in [0.1, 0.15) is 0 Å². The number of furan rings is 1. The first-order chi connectivity index (χ1) is 26.7. The molecule has 0 saturated heterocycles. The Labute approximate surface area is 312 Å². The minimum absolute atomic E-state index is 0.478. The standard InChI is InChI=1S/C50H32N2O2/c1-4-10-33(11-5-1)35-16-20-37(21-17-35)42-28-29-47-45(30-42)46-32-43(38-22-18-36(19-23-38)34-12-6-2-7-13-34)31-44(48(46)53-47)39-24-26-41(27-25-39)50-52-51-49(54-50)40-14-8-3-9-15-40/h1-32H. The van der Waals surface area contributed by atoms with Gasteiger partial charge >= 0.3 is 0 Å². The van der Waals surface area contributed by atoms with Crippen molar-refractivity contribution in [2.45, 2.75) is 0 Å². The fourth-order valence-electron chi connectivity index (χ4n) is 7.24. The monoisotopic (exact) mass is 692 g/mol. The van der Waals surface area contributed by atoms with Crippen LogP contribution in [0.2, 0.25) is 0 Å². The molecule has 0 atom stereocenters. The molecule has 0 aliphatic rings. The van der Waals surface area contributed by atoms with E-state index in [4.69, 9.17) is 8.83 Å². The zero-order valence-corrected chi connectivity index (χ0v) is 29.2. The van der Waals surface area contributed by atoms with Crippen molar-refractivity contribution in [3.8, 4) is 78.5 Å². The van der Waals surface area contributed by atoms with Crippen molar-refractivity contribution in [2.75, 3.05) is 0 Å². The average molecular weight is 693 g/mol. The Hall–Kier alpha value is -7.30. The van der Waals surface area contributed by atoms with Crippen LogP contribution in [0.15, 0.2) is 203 Å². The highest BCUT2D eigenvalue weighted by atomic mass is 16.4. The second kappa shape index (κ2) is 13.4. The van der Waals surface area contributed by atoms with Crippen LogP contribution in [0.4, 0.5) is 0 Å². The molecule has 4 nitrogen and oxygen atoms in total. The van der Waals surface area contributed by atoms with E-state index in [2.05, 4.69) is 150 Å². The van der Waals surface area contributed by atoms with Crippen LogP contribution in [0.25, 0.3) is 100 Å². The van der Waals surface area contributed by atoms with Crippen molar-refractivity contribution >= 4 is 21.9 Å². The van der Waals surface area contributed by atoms with Gasteiger partial charge in [-0.2, -0.15) is 0 Å². The molecule has 8 aromatic carbocycles. The molecular weight excluding hydrogens is 661 g/mol. The van der Waals surface area contributed by atoms with Gasteiger partial charge in [0, 0.05) is 27.5 Å². The number of aromatic nitrogens is 2. The SMILES string of the molecule is c1ccc(-c2ccc(-c3ccc4oc5c(-c6ccc(-c7nnc(-c8ccccc8)o7)cc6)cc(-c6ccc(-c7ccccc7)cc6)cc5c4c3)cc2)cc1. The highest BCUT2D eigenvalue weighted by Gasteiger charge is 2.18. The Bertz CT molecular complexity index is 2880. The molecular formula is C50H32N2O2. The van der Waals surface area contributed by atoms with Crippen LogP contribution in [0.3, 0.4) is 0 Å². The number of benzene rings is 8. The lowest BCUT2D eigenvalue weighted by Gasteiger charge is -2.10. The molecule has 0 aliphatic heterocycles. The van der Waals surface area contributed by atoms with Crippen molar-refractivity contribution < 1.29 is 8.83 Å². The third-order valence-electron chi connectivity index (χ3n) is 10.1. The highest BCUT2D eigenvalue weighted by molar-refractivity contribution is 6.12. The molecule has 0 spiro atoms. The van der Waals surface area contributed by atoms with Crippen molar-refractivity contribution in [1.82, 2.24) is 10.2 Å². The Morgan fingerprint density at radius 2 is 0.667 bits per heavy atom. The first-order valence-corrected chi connectivity index (χ1v) is 18.1. The van der Waals surface area contributed by atoms with E-state index in [9.17, 15) is 0 Å². The van der Waals surface area contributed by atoms with Crippen LogP contribution in [-0.2, 0) is 0 Å². The van der Waals surface area contributed by atoms with Crippen LogP contribution in [-0.4, -0.2) is 10.2 Å². The summed E-state index contributed by atoms with van der Waals surface area (Å²) in [6.45, 7) is 0. The van der Waals surface area contributed by atoms with Gasteiger partial charge in [-0.15, -0.1) is 10.2 Å². The smallest absolute Gasteiger partial charge is 0.248 e. The molecule has 2 aromatic heterocycles. The van der Waals surface area contributed by atoms with Crippen molar-refractivity contribution in [1.29, 1.82) is 0 Å². The van der Waals surface area contributed by atoms with E-state index in [1.54, 1.807) is 0 Å². The van der Waals surface area contributed by atoms with Gasteiger partial charge in [-0.05, 0) is 98.6 Å². The molecule has 10 rings (SSSR count). The topological polar surface area (TPSA) is 52.1 Å². The maximum absolute atomic E-state index is 6.70. The first-order valence-electron chi connectivity index (χ1n) is 18.1. The highest BCUT2D eigenvalue weighted by Crippen LogP contribution is 2.41. The lowest BCUT2D eigenvalue weighted by Crippen LogP contribution is -1.86. The molecule has 254 valence electrons. The number of hydrogen-bond acceptors (Lipinski definition) is 4. The van der Waals surface area contributed by atoms with Crippen LogP contribution >= 0.6 is 0 Å². The molecule has 2 heterocycles. The summed E-state index contributed by atoms with van der Waals surface area (Å²) in [5.74, 6) is 0.974. The fraction of sp³-hybridized carbons (Fsp3) is 0. The molecule has 54 heavy (non-hydrogen) atoms. The van der Waals surface area contributed by atoms with Crippen LogP contribution in [0, 0.1) is 0 Å².